The van der Waals surface area contributed by atoms with Crippen LogP contribution in [-0.2, 0) is 14.3 Å². The molecule has 2 amide bonds. The van der Waals surface area contributed by atoms with Gasteiger partial charge in [-0.3, -0.25) is 14.4 Å². The van der Waals surface area contributed by atoms with Crippen LogP contribution in [0.2, 0.25) is 0 Å². The number of para-hydroxylation sites is 3. The molecule has 1 aliphatic rings. The van der Waals surface area contributed by atoms with Crippen molar-refractivity contribution in [3.63, 3.8) is 0 Å². The Kier molecular flexibility index (Phi) is 7.09. The molecule has 0 bridgehead atoms. The summed E-state index contributed by atoms with van der Waals surface area (Å²) in [5.41, 5.74) is 0.293. The Morgan fingerprint density at radius 1 is 1.03 bits per heavy atom. The first kappa shape index (κ1) is 21.0. The molecule has 2 N–H and O–H groups in total. The predicted octanol–water partition coefficient (Wildman–Crippen LogP) is 0.924. The summed E-state index contributed by atoms with van der Waals surface area (Å²) < 4.78 is 21.3. The normalized spacial score (nSPS) is 14.4. The molecule has 158 valence electrons. The van der Waals surface area contributed by atoms with Crippen molar-refractivity contribution in [3.05, 3.63) is 54.1 Å². The first-order valence-corrected chi connectivity index (χ1v) is 9.29. The number of hydrogen-bond acceptors (Lipinski definition) is 7. The van der Waals surface area contributed by atoms with Gasteiger partial charge < -0.3 is 29.6 Å². The van der Waals surface area contributed by atoms with Gasteiger partial charge in [0, 0.05) is 0 Å². The highest BCUT2D eigenvalue weighted by molar-refractivity contribution is 5.98. The summed E-state index contributed by atoms with van der Waals surface area (Å²) in [6.45, 7) is -0.338. The van der Waals surface area contributed by atoms with Crippen LogP contribution >= 0.6 is 0 Å². The maximum Gasteiger partial charge on any atom is 0.325 e. The number of carbonyl (C=O) groups excluding carboxylic acids is 3. The van der Waals surface area contributed by atoms with E-state index in [1.165, 1.54) is 7.11 Å². The second-order valence-corrected chi connectivity index (χ2v) is 6.35. The average molecular weight is 414 g/mol. The Morgan fingerprint density at radius 3 is 2.57 bits per heavy atom. The number of fused-ring (bicyclic) bond motifs is 1. The van der Waals surface area contributed by atoms with Gasteiger partial charge >= 0.3 is 5.97 Å². The topological polar surface area (TPSA) is 112 Å². The van der Waals surface area contributed by atoms with Crippen molar-refractivity contribution in [2.24, 2.45) is 0 Å². The number of nitrogens with one attached hydrogen (secondary N) is 2. The fraction of sp³-hybridized carbons (Fsp3) is 0.286. The molecule has 1 aliphatic heterocycles. The van der Waals surface area contributed by atoms with Gasteiger partial charge in [0.05, 0.1) is 19.2 Å². The summed E-state index contributed by atoms with van der Waals surface area (Å²) in [4.78, 5) is 35.8. The molecule has 0 fully saturated rings. The molecule has 0 saturated heterocycles. The maximum absolute atomic E-state index is 12.1. The fourth-order valence-corrected chi connectivity index (χ4v) is 2.72. The molecular formula is C21H22N2O7. The van der Waals surface area contributed by atoms with Crippen molar-refractivity contribution < 1.29 is 33.3 Å². The van der Waals surface area contributed by atoms with Gasteiger partial charge in [0.2, 0.25) is 0 Å². The number of rotatable bonds is 8. The van der Waals surface area contributed by atoms with Crippen LogP contribution in [-0.4, -0.2) is 57.3 Å². The van der Waals surface area contributed by atoms with Crippen LogP contribution in [0.3, 0.4) is 0 Å². The summed E-state index contributed by atoms with van der Waals surface area (Å²) in [5, 5.41) is 5.05. The van der Waals surface area contributed by atoms with Crippen LogP contribution in [0.25, 0.3) is 0 Å². The molecule has 9 nitrogen and oxygen atoms in total. The van der Waals surface area contributed by atoms with E-state index < -0.39 is 24.4 Å². The highest BCUT2D eigenvalue weighted by Crippen LogP contribution is 2.30. The molecule has 9 heteroatoms. The van der Waals surface area contributed by atoms with Crippen molar-refractivity contribution >= 4 is 17.8 Å². The first-order chi connectivity index (χ1) is 14.6. The van der Waals surface area contributed by atoms with Gasteiger partial charge in [-0.2, -0.15) is 0 Å². The zero-order valence-electron chi connectivity index (χ0n) is 16.4. The molecule has 1 atom stereocenters. The third kappa shape index (κ3) is 5.63. The monoisotopic (exact) mass is 414 g/mol. The SMILES string of the molecule is COc1ccccc1C(=O)NCC(=O)OCC(=O)NC[C@H]1COc2ccccc2O1. The molecule has 0 unspecified atom stereocenters. The summed E-state index contributed by atoms with van der Waals surface area (Å²) >= 11 is 0. The van der Waals surface area contributed by atoms with Crippen LogP contribution in [0.15, 0.2) is 48.5 Å². The number of amides is 2. The number of esters is 1. The fourth-order valence-electron chi connectivity index (χ4n) is 2.72. The number of ether oxygens (including phenoxy) is 4. The number of carbonyl (C=O) groups is 3. The minimum Gasteiger partial charge on any atom is -0.496 e. The van der Waals surface area contributed by atoms with Crippen LogP contribution in [0, 0.1) is 0 Å². The molecule has 30 heavy (non-hydrogen) atoms. The molecule has 0 aliphatic carbocycles. The largest absolute Gasteiger partial charge is 0.496 e. The molecule has 0 aromatic heterocycles. The van der Waals surface area contributed by atoms with Crippen molar-refractivity contribution in [1.29, 1.82) is 0 Å². The van der Waals surface area contributed by atoms with E-state index in [2.05, 4.69) is 10.6 Å². The zero-order chi connectivity index (χ0) is 21.3. The van der Waals surface area contributed by atoms with E-state index in [1.54, 1.807) is 36.4 Å². The smallest absolute Gasteiger partial charge is 0.325 e. The molecule has 0 saturated carbocycles. The van der Waals surface area contributed by atoms with Gasteiger partial charge in [-0.05, 0) is 24.3 Å². The van der Waals surface area contributed by atoms with E-state index in [4.69, 9.17) is 18.9 Å². The predicted molar refractivity (Wildman–Crippen MR) is 106 cm³/mol. The van der Waals surface area contributed by atoms with Crippen molar-refractivity contribution in [2.45, 2.75) is 6.10 Å². The quantitative estimate of drug-likeness (QED) is 0.618. The lowest BCUT2D eigenvalue weighted by molar-refractivity contribution is -0.147. The summed E-state index contributed by atoms with van der Waals surface area (Å²) in [6.07, 6.45) is -0.348. The zero-order valence-corrected chi connectivity index (χ0v) is 16.4. The van der Waals surface area contributed by atoms with E-state index in [-0.39, 0.29) is 19.2 Å². The third-order valence-electron chi connectivity index (χ3n) is 4.20. The molecular weight excluding hydrogens is 392 g/mol. The van der Waals surface area contributed by atoms with Crippen molar-refractivity contribution in [1.82, 2.24) is 10.6 Å². The van der Waals surface area contributed by atoms with E-state index in [9.17, 15) is 14.4 Å². The van der Waals surface area contributed by atoms with Gasteiger partial charge in [0.1, 0.15) is 25.0 Å². The van der Waals surface area contributed by atoms with Crippen LogP contribution in [0.1, 0.15) is 10.4 Å². The Bertz CT molecular complexity index is 916. The van der Waals surface area contributed by atoms with E-state index in [1.807, 2.05) is 12.1 Å². The minimum absolute atomic E-state index is 0.204. The summed E-state index contributed by atoms with van der Waals surface area (Å²) in [5.74, 6) is -0.0475. The van der Waals surface area contributed by atoms with Gasteiger partial charge in [-0.25, -0.2) is 0 Å². The van der Waals surface area contributed by atoms with Gasteiger partial charge in [-0.1, -0.05) is 24.3 Å². The minimum atomic E-state index is -0.737. The summed E-state index contributed by atoms with van der Waals surface area (Å²) in [6, 6.07) is 13.9. The standard InChI is InChI=1S/C21H22N2O7/c1-27-16-7-3-2-6-15(16)21(26)23-11-20(25)29-13-19(24)22-10-14-12-28-17-8-4-5-9-18(17)30-14/h2-9,14H,10-13H2,1H3,(H,22,24)(H,23,26)/t14-/m0/s1. The second-order valence-electron chi connectivity index (χ2n) is 6.35. The second kappa shape index (κ2) is 10.1. The van der Waals surface area contributed by atoms with Crippen molar-refractivity contribution in [2.75, 3.05) is 33.4 Å². The Morgan fingerprint density at radius 2 is 1.77 bits per heavy atom. The molecule has 0 radical (unpaired) electrons. The molecule has 0 spiro atoms. The molecule has 1 heterocycles. The third-order valence-corrected chi connectivity index (χ3v) is 4.20. The first-order valence-electron chi connectivity index (χ1n) is 9.29. The van der Waals surface area contributed by atoms with Gasteiger partial charge in [-0.15, -0.1) is 0 Å². The Labute approximate surface area is 173 Å². The highest BCUT2D eigenvalue weighted by Gasteiger charge is 2.21. The van der Waals surface area contributed by atoms with Crippen LogP contribution in [0.5, 0.6) is 17.2 Å². The highest BCUT2D eigenvalue weighted by atomic mass is 16.6. The summed E-state index contributed by atoms with van der Waals surface area (Å²) in [7, 11) is 1.45. The van der Waals surface area contributed by atoms with E-state index in [0.29, 0.717) is 29.4 Å². The number of hydrogen-bond donors (Lipinski definition) is 2. The van der Waals surface area contributed by atoms with E-state index in [0.717, 1.165) is 0 Å². The number of methoxy groups -OCH3 is 1. The lowest BCUT2D eigenvalue weighted by atomic mass is 10.2. The van der Waals surface area contributed by atoms with Crippen molar-refractivity contribution in [3.8, 4) is 17.2 Å². The molecule has 2 aromatic carbocycles. The molecule has 2 aromatic rings. The number of benzene rings is 2. The van der Waals surface area contributed by atoms with Gasteiger partial charge in [0.15, 0.2) is 18.1 Å². The van der Waals surface area contributed by atoms with E-state index >= 15 is 0 Å². The lowest BCUT2D eigenvalue weighted by Gasteiger charge is -2.26. The lowest BCUT2D eigenvalue weighted by Crippen LogP contribution is -2.42. The average Bonchev–Trinajstić information content (AvgIpc) is 2.79. The van der Waals surface area contributed by atoms with Crippen LogP contribution in [0.4, 0.5) is 0 Å². The maximum atomic E-state index is 12.1. The van der Waals surface area contributed by atoms with Gasteiger partial charge in [0.25, 0.3) is 11.8 Å². The molecule has 3 rings (SSSR count). The van der Waals surface area contributed by atoms with Crippen LogP contribution < -0.4 is 24.8 Å². The Balaban J connectivity index is 1.35. The Hall–Kier alpha value is -3.75.